The minimum absolute atomic E-state index is 0. The van der Waals surface area contributed by atoms with Gasteiger partial charge in [0.25, 0.3) is 0 Å². The van der Waals surface area contributed by atoms with Crippen molar-refractivity contribution in [3.63, 3.8) is 0 Å². The number of carbonyl (C=O) groups is 1. The summed E-state index contributed by atoms with van der Waals surface area (Å²) in [6, 6.07) is 0. The topological polar surface area (TPSA) is 94.5 Å². The first-order chi connectivity index (χ1) is 13.4. The molecular formula is C18H36IN5O4S. The van der Waals surface area contributed by atoms with Gasteiger partial charge < -0.3 is 19.9 Å². The van der Waals surface area contributed by atoms with Gasteiger partial charge in [-0.05, 0) is 19.3 Å². The van der Waals surface area contributed by atoms with Crippen molar-refractivity contribution >= 4 is 45.7 Å². The molecule has 1 N–H and O–H groups in total. The summed E-state index contributed by atoms with van der Waals surface area (Å²) in [5.41, 5.74) is 0. The molecule has 0 aromatic carbocycles. The van der Waals surface area contributed by atoms with Crippen LogP contribution in [0.1, 0.15) is 19.3 Å². The Morgan fingerprint density at radius 1 is 1.00 bits per heavy atom. The second-order valence-corrected chi connectivity index (χ2v) is 9.68. The van der Waals surface area contributed by atoms with Gasteiger partial charge in [-0.1, -0.05) is 0 Å². The van der Waals surface area contributed by atoms with Gasteiger partial charge in [-0.15, -0.1) is 24.0 Å². The molecule has 0 unspecified atom stereocenters. The molecule has 0 aromatic rings. The molecule has 2 aliphatic heterocycles. The van der Waals surface area contributed by atoms with Crippen LogP contribution in [0.4, 0.5) is 0 Å². The summed E-state index contributed by atoms with van der Waals surface area (Å²) in [5.74, 6) is 1.11. The summed E-state index contributed by atoms with van der Waals surface area (Å²) in [6.45, 7) is 6.85. The number of ether oxygens (including phenoxy) is 1. The number of nitrogens with one attached hydrogen (secondary N) is 1. The van der Waals surface area contributed by atoms with Crippen molar-refractivity contribution in [2.75, 3.05) is 84.6 Å². The molecule has 1 amide bonds. The van der Waals surface area contributed by atoms with Crippen molar-refractivity contribution in [1.29, 1.82) is 0 Å². The zero-order valence-corrected chi connectivity index (χ0v) is 20.8. The molecule has 2 saturated heterocycles. The molecule has 2 heterocycles. The summed E-state index contributed by atoms with van der Waals surface area (Å²) < 4.78 is 27.5. The van der Waals surface area contributed by atoms with Crippen LogP contribution in [0.15, 0.2) is 4.99 Å². The average molecular weight is 545 g/mol. The molecule has 0 aliphatic carbocycles. The van der Waals surface area contributed by atoms with Crippen molar-refractivity contribution in [2.45, 2.75) is 19.3 Å². The third-order valence-electron chi connectivity index (χ3n) is 5.08. The second kappa shape index (κ2) is 13.6. The minimum Gasteiger partial charge on any atom is -0.379 e. The summed E-state index contributed by atoms with van der Waals surface area (Å²) in [6.07, 6.45) is 4.69. The molecule has 2 aliphatic rings. The summed E-state index contributed by atoms with van der Waals surface area (Å²) >= 11 is 0. The predicted molar refractivity (Wildman–Crippen MR) is 126 cm³/mol. The largest absolute Gasteiger partial charge is 0.379 e. The third-order valence-corrected chi connectivity index (χ3v) is 5.99. The highest BCUT2D eigenvalue weighted by atomic mass is 127. The molecule has 0 aromatic heterocycles. The van der Waals surface area contributed by atoms with E-state index < -0.39 is 9.84 Å². The van der Waals surface area contributed by atoms with Gasteiger partial charge in [0, 0.05) is 59.1 Å². The normalized spacial score (nSPS) is 19.0. The number of nitrogens with zero attached hydrogens (tertiary/aromatic N) is 4. The van der Waals surface area contributed by atoms with Crippen LogP contribution >= 0.6 is 24.0 Å². The van der Waals surface area contributed by atoms with E-state index in [0.29, 0.717) is 19.7 Å². The number of likely N-dealkylation sites (tertiary alicyclic amines) is 1. The number of piperidine rings is 1. The van der Waals surface area contributed by atoms with Crippen molar-refractivity contribution in [3.8, 4) is 0 Å². The molecule has 0 radical (unpaired) electrons. The summed E-state index contributed by atoms with van der Waals surface area (Å²) in [4.78, 5) is 23.1. The first-order valence-electron chi connectivity index (χ1n) is 10.1. The van der Waals surface area contributed by atoms with Crippen molar-refractivity contribution < 1.29 is 17.9 Å². The van der Waals surface area contributed by atoms with Crippen molar-refractivity contribution in [1.82, 2.24) is 20.0 Å². The number of piperazine rings is 1. The van der Waals surface area contributed by atoms with Crippen LogP contribution < -0.4 is 5.32 Å². The van der Waals surface area contributed by atoms with Crippen molar-refractivity contribution in [2.24, 2.45) is 4.99 Å². The molecule has 29 heavy (non-hydrogen) atoms. The highest BCUT2D eigenvalue weighted by molar-refractivity contribution is 14.0. The Bertz CT molecular complexity index is 618. The Morgan fingerprint density at radius 2 is 1.66 bits per heavy atom. The quantitative estimate of drug-likeness (QED) is 0.197. The van der Waals surface area contributed by atoms with Crippen LogP contribution in [0.2, 0.25) is 0 Å². The average Bonchev–Trinajstić information content (AvgIpc) is 2.68. The Balaban J connectivity index is 0.00000420. The van der Waals surface area contributed by atoms with Gasteiger partial charge in [0.05, 0.1) is 25.5 Å². The Labute approximate surface area is 192 Å². The van der Waals surface area contributed by atoms with Gasteiger partial charge >= 0.3 is 0 Å². The van der Waals surface area contributed by atoms with Crippen LogP contribution in [0.25, 0.3) is 0 Å². The third kappa shape index (κ3) is 10.3. The van der Waals surface area contributed by atoms with E-state index in [-0.39, 0.29) is 42.2 Å². The van der Waals surface area contributed by atoms with Gasteiger partial charge in [0.2, 0.25) is 5.91 Å². The number of hydrogen-bond acceptors (Lipinski definition) is 6. The Kier molecular flexibility index (Phi) is 12.4. The van der Waals surface area contributed by atoms with Crippen LogP contribution in [-0.2, 0) is 19.4 Å². The Morgan fingerprint density at radius 3 is 2.24 bits per heavy atom. The molecular weight excluding hydrogens is 509 g/mol. The van der Waals surface area contributed by atoms with Gasteiger partial charge in [0.1, 0.15) is 9.84 Å². The van der Waals surface area contributed by atoms with Crippen LogP contribution in [0.5, 0.6) is 0 Å². The fourth-order valence-corrected chi connectivity index (χ4v) is 3.85. The van der Waals surface area contributed by atoms with Crippen molar-refractivity contribution in [3.05, 3.63) is 0 Å². The van der Waals surface area contributed by atoms with E-state index in [1.54, 1.807) is 7.05 Å². The number of amides is 1. The highest BCUT2D eigenvalue weighted by Gasteiger charge is 2.23. The number of carbonyl (C=O) groups excluding carboxylic acids is 1. The lowest BCUT2D eigenvalue weighted by Gasteiger charge is -2.37. The van der Waals surface area contributed by atoms with E-state index in [2.05, 4.69) is 20.1 Å². The molecule has 2 fully saturated rings. The molecule has 170 valence electrons. The molecule has 0 atom stereocenters. The van der Waals surface area contributed by atoms with E-state index in [1.165, 1.54) is 12.7 Å². The zero-order chi connectivity index (χ0) is 20.4. The van der Waals surface area contributed by atoms with E-state index in [1.807, 2.05) is 4.90 Å². The first kappa shape index (κ1) is 26.4. The summed E-state index contributed by atoms with van der Waals surface area (Å²) in [7, 11) is -1.23. The van der Waals surface area contributed by atoms with E-state index in [0.717, 1.165) is 58.1 Å². The predicted octanol–water partition coefficient (Wildman–Crippen LogP) is -0.129. The van der Waals surface area contributed by atoms with E-state index in [4.69, 9.17) is 4.74 Å². The Hall–Kier alpha value is -0.660. The lowest BCUT2D eigenvalue weighted by Crippen LogP contribution is -2.54. The monoisotopic (exact) mass is 545 g/mol. The van der Waals surface area contributed by atoms with Gasteiger partial charge in [-0.25, -0.2) is 8.42 Å². The maximum atomic E-state index is 12.4. The summed E-state index contributed by atoms with van der Waals surface area (Å²) in [5, 5.41) is 3.25. The zero-order valence-electron chi connectivity index (χ0n) is 17.6. The van der Waals surface area contributed by atoms with E-state index >= 15 is 0 Å². The maximum Gasteiger partial charge on any atom is 0.236 e. The van der Waals surface area contributed by atoms with Gasteiger partial charge in [0.15, 0.2) is 5.96 Å². The highest BCUT2D eigenvalue weighted by Crippen LogP contribution is 2.10. The molecule has 0 bridgehead atoms. The van der Waals surface area contributed by atoms with E-state index in [9.17, 15) is 13.2 Å². The molecule has 0 saturated carbocycles. The van der Waals surface area contributed by atoms with Gasteiger partial charge in [-0.2, -0.15) is 0 Å². The van der Waals surface area contributed by atoms with Crippen LogP contribution in [0, 0.1) is 0 Å². The lowest BCUT2D eigenvalue weighted by atomic mass is 10.1. The number of sulfone groups is 1. The van der Waals surface area contributed by atoms with Crippen LogP contribution in [0.3, 0.4) is 0 Å². The fraction of sp³-hybridized carbons (Fsp3) is 0.889. The smallest absolute Gasteiger partial charge is 0.236 e. The van der Waals surface area contributed by atoms with Gasteiger partial charge in [-0.3, -0.25) is 14.7 Å². The fourth-order valence-electron chi connectivity index (χ4n) is 3.43. The molecule has 11 heteroatoms. The first-order valence-corrected chi connectivity index (χ1v) is 12.2. The second-order valence-electron chi connectivity index (χ2n) is 7.42. The van der Waals surface area contributed by atoms with Crippen LogP contribution in [-0.4, -0.2) is 120 Å². The SMILES string of the molecule is CN=C(NCCOCCS(C)(=O)=O)N1CCN(CC(=O)N2CCCCC2)CC1.I. The number of halogens is 1. The molecule has 0 spiro atoms. The maximum absolute atomic E-state index is 12.4. The number of rotatable bonds is 8. The number of aliphatic imine (C=N–C) groups is 1. The standard InChI is InChI=1S/C18H35N5O4S.HI/c1-19-18(20-6-13-27-14-15-28(2,25)26)23-11-9-21(10-12-23)16-17(24)22-7-4-3-5-8-22;/h3-16H2,1-2H3,(H,19,20);1H. The minimum atomic E-state index is -2.98. The lowest BCUT2D eigenvalue weighted by molar-refractivity contribution is -0.133. The number of guanidine groups is 1. The number of hydrogen-bond donors (Lipinski definition) is 1. The molecule has 9 nitrogen and oxygen atoms in total. The molecule has 2 rings (SSSR count).